The van der Waals surface area contributed by atoms with Gasteiger partial charge in [-0.25, -0.2) is 9.97 Å². The Kier molecular flexibility index (Phi) is 3.88. The minimum absolute atomic E-state index is 0.342. The molecule has 3 N–H and O–H groups in total. The zero-order valence-corrected chi connectivity index (χ0v) is 10.8. The Hall–Kier alpha value is -1.95. The lowest BCUT2D eigenvalue weighted by Crippen LogP contribution is -2.10. The Bertz CT molecular complexity index is 535. The molecule has 0 aromatic carbocycles. The maximum atomic E-state index is 5.49. The molecule has 2 aromatic rings. The van der Waals surface area contributed by atoms with E-state index >= 15 is 0 Å². The van der Waals surface area contributed by atoms with Crippen LogP contribution in [0.1, 0.15) is 24.1 Å². The first-order chi connectivity index (χ1) is 8.69. The van der Waals surface area contributed by atoms with Gasteiger partial charge in [0.25, 0.3) is 0 Å². The van der Waals surface area contributed by atoms with Crippen LogP contribution in [0.4, 0.5) is 5.82 Å². The molecule has 6 heteroatoms. The Morgan fingerprint density at radius 1 is 1.39 bits per heavy atom. The lowest BCUT2D eigenvalue weighted by atomic mass is 10.3. The lowest BCUT2D eigenvalue weighted by Gasteiger charge is -2.03. The van der Waals surface area contributed by atoms with Crippen LogP contribution in [0.25, 0.3) is 0 Å². The summed E-state index contributed by atoms with van der Waals surface area (Å²) >= 11 is 4.85. The minimum Gasteiger partial charge on any atom is -0.444 e. The van der Waals surface area contributed by atoms with Crippen LogP contribution in [0.5, 0.6) is 0 Å². The number of hydrogen-bond donors (Lipinski definition) is 2. The normalized spacial score (nSPS) is 10.3. The third-order valence-electron chi connectivity index (χ3n) is 2.42. The number of nitrogens with two attached hydrogens (primary N) is 1. The van der Waals surface area contributed by atoms with Crippen LogP contribution in [0, 0.1) is 0 Å². The molecule has 2 heterocycles. The molecule has 18 heavy (non-hydrogen) atoms. The molecule has 0 aliphatic carbocycles. The van der Waals surface area contributed by atoms with Crippen molar-refractivity contribution in [3.63, 3.8) is 0 Å². The van der Waals surface area contributed by atoms with Gasteiger partial charge in [-0.2, -0.15) is 0 Å². The summed E-state index contributed by atoms with van der Waals surface area (Å²) in [7, 11) is 0. The van der Waals surface area contributed by atoms with Crippen molar-refractivity contribution >= 4 is 23.0 Å². The molecular weight excluding hydrogens is 248 g/mol. The SMILES string of the molecule is CCc1cnc(CNc2ccc(C(N)=S)cn2)o1. The summed E-state index contributed by atoms with van der Waals surface area (Å²) in [6.07, 6.45) is 4.21. The molecule has 0 saturated heterocycles. The second kappa shape index (κ2) is 5.59. The number of aryl methyl sites for hydroxylation is 1. The number of thiocarbonyl (C=S) groups is 1. The van der Waals surface area contributed by atoms with Crippen molar-refractivity contribution in [1.29, 1.82) is 0 Å². The van der Waals surface area contributed by atoms with Gasteiger partial charge in [0.2, 0.25) is 5.89 Å². The molecule has 2 rings (SSSR count). The van der Waals surface area contributed by atoms with Crippen LogP contribution in [0.2, 0.25) is 0 Å². The highest BCUT2D eigenvalue weighted by molar-refractivity contribution is 7.80. The maximum Gasteiger partial charge on any atom is 0.213 e. The van der Waals surface area contributed by atoms with E-state index in [4.69, 9.17) is 22.4 Å². The molecule has 0 spiro atoms. The molecule has 0 amide bonds. The molecule has 94 valence electrons. The molecule has 0 radical (unpaired) electrons. The number of rotatable bonds is 5. The summed E-state index contributed by atoms with van der Waals surface area (Å²) in [6, 6.07) is 3.64. The van der Waals surface area contributed by atoms with Gasteiger partial charge in [0.15, 0.2) is 0 Å². The average Bonchev–Trinajstić information content (AvgIpc) is 2.85. The summed E-state index contributed by atoms with van der Waals surface area (Å²) in [5, 5.41) is 3.11. The molecule has 0 atom stereocenters. The first kappa shape index (κ1) is 12.5. The van der Waals surface area contributed by atoms with E-state index < -0.39 is 0 Å². The fourth-order valence-electron chi connectivity index (χ4n) is 1.40. The smallest absolute Gasteiger partial charge is 0.213 e. The number of oxazole rings is 1. The Balaban J connectivity index is 1.95. The van der Waals surface area contributed by atoms with Gasteiger partial charge in [0, 0.05) is 18.2 Å². The van der Waals surface area contributed by atoms with E-state index in [-0.39, 0.29) is 0 Å². The molecule has 0 bridgehead atoms. The molecule has 0 aliphatic heterocycles. The first-order valence-electron chi connectivity index (χ1n) is 5.62. The van der Waals surface area contributed by atoms with Gasteiger partial charge in [-0.15, -0.1) is 0 Å². The average molecular weight is 262 g/mol. The number of hydrogen-bond acceptors (Lipinski definition) is 5. The first-order valence-corrected chi connectivity index (χ1v) is 6.03. The second-order valence-electron chi connectivity index (χ2n) is 3.72. The van der Waals surface area contributed by atoms with Crippen molar-refractivity contribution in [2.45, 2.75) is 19.9 Å². The second-order valence-corrected chi connectivity index (χ2v) is 4.16. The molecule has 0 fully saturated rings. The van der Waals surface area contributed by atoms with Crippen LogP contribution >= 0.6 is 12.2 Å². The van der Waals surface area contributed by atoms with Gasteiger partial charge in [0.1, 0.15) is 16.6 Å². The zero-order valence-electron chi connectivity index (χ0n) is 10.0. The van der Waals surface area contributed by atoms with E-state index in [0.717, 1.165) is 23.6 Å². The van der Waals surface area contributed by atoms with Gasteiger partial charge in [-0.3, -0.25) is 0 Å². The van der Waals surface area contributed by atoms with E-state index in [1.54, 1.807) is 12.4 Å². The Morgan fingerprint density at radius 3 is 2.78 bits per heavy atom. The van der Waals surface area contributed by atoms with Gasteiger partial charge < -0.3 is 15.5 Å². The van der Waals surface area contributed by atoms with Crippen molar-refractivity contribution in [1.82, 2.24) is 9.97 Å². The Morgan fingerprint density at radius 2 is 2.22 bits per heavy atom. The van der Waals surface area contributed by atoms with E-state index in [0.29, 0.717) is 17.4 Å². The monoisotopic (exact) mass is 262 g/mol. The number of nitrogens with zero attached hydrogens (tertiary/aromatic N) is 2. The summed E-state index contributed by atoms with van der Waals surface area (Å²) in [5.41, 5.74) is 6.24. The number of nitrogens with one attached hydrogen (secondary N) is 1. The van der Waals surface area contributed by atoms with Crippen molar-refractivity contribution in [3.8, 4) is 0 Å². The maximum absolute atomic E-state index is 5.49. The van der Waals surface area contributed by atoms with Crippen molar-refractivity contribution in [2.24, 2.45) is 5.73 Å². The number of anilines is 1. The van der Waals surface area contributed by atoms with E-state index in [1.807, 2.05) is 19.1 Å². The van der Waals surface area contributed by atoms with Crippen LogP contribution in [-0.2, 0) is 13.0 Å². The van der Waals surface area contributed by atoms with E-state index in [2.05, 4.69) is 15.3 Å². The predicted molar refractivity (Wildman–Crippen MR) is 73.3 cm³/mol. The third kappa shape index (κ3) is 3.04. The van der Waals surface area contributed by atoms with Crippen LogP contribution < -0.4 is 11.1 Å². The molecular formula is C12H14N4OS. The largest absolute Gasteiger partial charge is 0.444 e. The van der Waals surface area contributed by atoms with Crippen molar-refractivity contribution in [2.75, 3.05) is 5.32 Å². The number of pyridine rings is 1. The highest BCUT2D eigenvalue weighted by Crippen LogP contribution is 2.08. The van der Waals surface area contributed by atoms with Crippen LogP contribution in [0.3, 0.4) is 0 Å². The molecule has 0 saturated carbocycles. The fraction of sp³-hybridized carbons (Fsp3) is 0.250. The molecule has 0 aliphatic rings. The van der Waals surface area contributed by atoms with Gasteiger partial charge in [0.05, 0.1) is 12.7 Å². The summed E-state index contributed by atoms with van der Waals surface area (Å²) < 4.78 is 5.47. The summed E-state index contributed by atoms with van der Waals surface area (Å²) in [4.78, 5) is 8.69. The van der Waals surface area contributed by atoms with E-state index in [1.165, 1.54) is 0 Å². The quantitative estimate of drug-likeness (QED) is 0.801. The van der Waals surface area contributed by atoms with Crippen LogP contribution in [0.15, 0.2) is 28.9 Å². The van der Waals surface area contributed by atoms with Gasteiger partial charge in [-0.05, 0) is 12.1 Å². The molecule has 5 nitrogen and oxygen atoms in total. The highest BCUT2D eigenvalue weighted by Gasteiger charge is 2.03. The zero-order chi connectivity index (χ0) is 13.0. The van der Waals surface area contributed by atoms with E-state index in [9.17, 15) is 0 Å². The van der Waals surface area contributed by atoms with Gasteiger partial charge in [-0.1, -0.05) is 19.1 Å². The predicted octanol–water partition coefficient (Wildman–Crippen LogP) is 1.88. The molecule has 2 aromatic heterocycles. The minimum atomic E-state index is 0.342. The lowest BCUT2D eigenvalue weighted by molar-refractivity contribution is 0.465. The highest BCUT2D eigenvalue weighted by atomic mass is 32.1. The summed E-state index contributed by atoms with van der Waals surface area (Å²) in [6.45, 7) is 2.52. The van der Waals surface area contributed by atoms with Gasteiger partial charge >= 0.3 is 0 Å². The summed E-state index contributed by atoms with van der Waals surface area (Å²) in [5.74, 6) is 2.25. The van der Waals surface area contributed by atoms with Crippen molar-refractivity contribution < 1.29 is 4.42 Å². The van der Waals surface area contributed by atoms with Crippen LogP contribution in [-0.4, -0.2) is 15.0 Å². The topological polar surface area (TPSA) is 77.0 Å². The Labute approximate surface area is 110 Å². The fourth-order valence-corrected chi connectivity index (χ4v) is 1.52. The van der Waals surface area contributed by atoms with Crippen molar-refractivity contribution in [3.05, 3.63) is 41.7 Å². The standard InChI is InChI=1S/C12H14N4OS/c1-2-9-6-16-11(17-9)7-15-10-4-3-8(5-14-10)12(13)18/h3-6H,2,7H2,1H3,(H2,13,18)(H,14,15). The number of aromatic nitrogens is 2. The third-order valence-corrected chi connectivity index (χ3v) is 2.65. The molecule has 0 unspecified atom stereocenters.